The molecule has 2 amide bonds. The summed E-state index contributed by atoms with van der Waals surface area (Å²) in [6.07, 6.45) is 55.2. The van der Waals surface area contributed by atoms with Crippen LogP contribution in [0.4, 0.5) is 0 Å². The molecule has 2 N–H and O–H groups in total. The number of carbonyl (C=O) groups excluding carboxylic acids is 2. The van der Waals surface area contributed by atoms with Crippen LogP contribution in [0, 0.1) is 0 Å². The van der Waals surface area contributed by atoms with Gasteiger partial charge in [0.25, 0.3) is 0 Å². The summed E-state index contributed by atoms with van der Waals surface area (Å²) in [6.45, 7) is 5.61. The van der Waals surface area contributed by atoms with E-state index >= 15 is 0 Å². The number of hydrogen-bond acceptors (Lipinski definition) is 2. The van der Waals surface area contributed by atoms with Gasteiger partial charge in [0.15, 0.2) is 0 Å². The van der Waals surface area contributed by atoms with Gasteiger partial charge in [0.05, 0.1) is 0 Å². The van der Waals surface area contributed by atoms with Crippen LogP contribution in [-0.2, 0) is 22.7 Å². The van der Waals surface area contributed by atoms with Crippen LogP contribution in [0.1, 0.15) is 256 Å². The third-order valence-corrected chi connectivity index (χ3v) is 11.4. The van der Waals surface area contributed by atoms with Crippen molar-refractivity contribution >= 4 is 11.8 Å². The molecule has 0 heterocycles. The Morgan fingerprint density at radius 2 is 0.625 bits per heavy atom. The van der Waals surface area contributed by atoms with E-state index in [9.17, 15) is 9.59 Å². The van der Waals surface area contributed by atoms with Crippen LogP contribution in [0.5, 0.6) is 0 Å². The second-order valence-corrected chi connectivity index (χ2v) is 16.8. The summed E-state index contributed by atoms with van der Waals surface area (Å²) in [4.78, 5) is 25.1. The summed E-state index contributed by atoms with van der Waals surface area (Å²) >= 11 is 0. The normalized spacial score (nSPS) is 11.6. The Hall–Kier alpha value is -2.36. The molecule has 0 unspecified atom stereocenters. The molecule has 0 saturated heterocycles. The van der Waals surface area contributed by atoms with Gasteiger partial charge < -0.3 is 10.6 Å². The average Bonchev–Trinajstić information content (AvgIpc) is 3.21. The minimum absolute atomic E-state index is 0.131. The number of benzene rings is 1. The van der Waals surface area contributed by atoms with E-state index in [1.807, 2.05) is 12.1 Å². The van der Waals surface area contributed by atoms with Gasteiger partial charge in [-0.05, 0) is 75.3 Å². The second-order valence-electron chi connectivity index (χ2n) is 16.8. The molecule has 0 aromatic heterocycles. The summed E-state index contributed by atoms with van der Waals surface area (Å²) in [5, 5.41) is 6.23. The molecule has 1 rings (SSSR count). The van der Waals surface area contributed by atoms with Gasteiger partial charge in [-0.3, -0.25) is 9.59 Å². The first-order chi connectivity index (χ1) is 27.7. The van der Waals surface area contributed by atoms with E-state index in [0.29, 0.717) is 25.9 Å². The van der Waals surface area contributed by atoms with Crippen molar-refractivity contribution in [3.05, 3.63) is 59.7 Å². The highest BCUT2D eigenvalue weighted by molar-refractivity contribution is 5.76. The largest absolute Gasteiger partial charge is 0.352 e. The summed E-state index contributed by atoms with van der Waals surface area (Å²) in [5.74, 6) is 0.262. The Morgan fingerprint density at radius 1 is 0.375 bits per heavy atom. The molecular formula is C52H92N2O2. The zero-order chi connectivity index (χ0) is 40.3. The van der Waals surface area contributed by atoms with Crippen LogP contribution in [0.3, 0.4) is 0 Å². The van der Waals surface area contributed by atoms with E-state index in [2.05, 4.69) is 60.9 Å². The van der Waals surface area contributed by atoms with Gasteiger partial charge in [0.1, 0.15) is 0 Å². The minimum atomic E-state index is 0.131. The lowest BCUT2D eigenvalue weighted by Gasteiger charge is -2.12. The molecule has 0 aliphatic carbocycles. The summed E-state index contributed by atoms with van der Waals surface area (Å²) in [7, 11) is 0. The fraction of sp³-hybridized carbons (Fsp3) is 0.769. The van der Waals surface area contributed by atoms with E-state index < -0.39 is 0 Å². The average molecular weight is 777 g/mol. The first-order valence-corrected chi connectivity index (χ1v) is 24.6. The van der Waals surface area contributed by atoms with E-state index in [0.717, 1.165) is 36.8 Å². The molecule has 0 saturated carbocycles. The van der Waals surface area contributed by atoms with Crippen LogP contribution in [0.15, 0.2) is 48.6 Å². The number of amides is 2. The molecule has 4 nitrogen and oxygen atoms in total. The van der Waals surface area contributed by atoms with Gasteiger partial charge in [-0.25, -0.2) is 0 Å². The molecule has 322 valence electrons. The smallest absolute Gasteiger partial charge is 0.220 e. The van der Waals surface area contributed by atoms with E-state index in [-0.39, 0.29) is 11.8 Å². The van der Waals surface area contributed by atoms with Crippen LogP contribution in [-0.4, -0.2) is 11.8 Å². The van der Waals surface area contributed by atoms with Crippen molar-refractivity contribution in [1.29, 1.82) is 0 Å². The quantitative estimate of drug-likeness (QED) is 0.0513. The number of unbranched alkanes of at least 4 members (excludes halogenated alkanes) is 30. The summed E-state index contributed by atoms with van der Waals surface area (Å²) in [5.41, 5.74) is 2.18. The second kappa shape index (κ2) is 42.3. The van der Waals surface area contributed by atoms with Crippen LogP contribution >= 0.6 is 0 Å². The molecule has 1 aromatic carbocycles. The Labute approximate surface area is 348 Å². The molecule has 0 aliphatic rings. The van der Waals surface area contributed by atoms with E-state index in [1.54, 1.807) is 0 Å². The van der Waals surface area contributed by atoms with Crippen molar-refractivity contribution in [3.63, 3.8) is 0 Å². The van der Waals surface area contributed by atoms with Crippen molar-refractivity contribution in [1.82, 2.24) is 10.6 Å². The molecule has 4 heteroatoms. The van der Waals surface area contributed by atoms with Crippen molar-refractivity contribution in [2.75, 3.05) is 0 Å². The van der Waals surface area contributed by atoms with Crippen LogP contribution in [0.25, 0.3) is 0 Å². The first-order valence-electron chi connectivity index (χ1n) is 24.6. The highest BCUT2D eigenvalue weighted by Crippen LogP contribution is 2.15. The SMILES string of the molecule is CCCCCCCCC=CCCCCCCCCCCCC(=O)NCc1ccccc1CNC(=O)CCCCCCCCCCCC=CCCCCCCCC. The summed E-state index contributed by atoms with van der Waals surface area (Å²) < 4.78 is 0. The number of rotatable bonds is 42. The van der Waals surface area contributed by atoms with Gasteiger partial charge in [0.2, 0.25) is 11.8 Å². The van der Waals surface area contributed by atoms with E-state index in [1.165, 1.54) is 193 Å². The lowest BCUT2D eigenvalue weighted by molar-refractivity contribution is -0.122. The number of nitrogens with one attached hydrogen (secondary N) is 2. The van der Waals surface area contributed by atoms with Crippen LogP contribution < -0.4 is 10.6 Å². The molecule has 0 radical (unpaired) electrons. The number of allylic oxidation sites excluding steroid dienone is 4. The monoisotopic (exact) mass is 777 g/mol. The van der Waals surface area contributed by atoms with Gasteiger partial charge in [-0.15, -0.1) is 0 Å². The number of carbonyl (C=O) groups is 2. The first kappa shape index (κ1) is 51.7. The lowest BCUT2D eigenvalue weighted by Crippen LogP contribution is -2.25. The highest BCUT2D eigenvalue weighted by atomic mass is 16.2. The fourth-order valence-corrected chi connectivity index (χ4v) is 7.59. The Balaban J connectivity index is 1.95. The zero-order valence-corrected chi connectivity index (χ0v) is 37.3. The highest BCUT2D eigenvalue weighted by Gasteiger charge is 2.07. The topological polar surface area (TPSA) is 58.2 Å². The van der Waals surface area contributed by atoms with Gasteiger partial charge >= 0.3 is 0 Å². The maximum atomic E-state index is 12.5. The predicted octanol–water partition coefficient (Wildman–Crippen LogP) is 16.1. The molecule has 0 spiro atoms. The van der Waals surface area contributed by atoms with E-state index in [4.69, 9.17) is 0 Å². The third kappa shape index (κ3) is 36.0. The van der Waals surface area contributed by atoms with Gasteiger partial charge in [-0.2, -0.15) is 0 Å². The maximum absolute atomic E-state index is 12.5. The molecule has 0 atom stereocenters. The Morgan fingerprint density at radius 3 is 0.911 bits per heavy atom. The minimum Gasteiger partial charge on any atom is -0.352 e. The Kier molecular flexibility index (Phi) is 39.0. The Bertz CT molecular complexity index is 980. The fourth-order valence-electron chi connectivity index (χ4n) is 7.59. The third-order valence-electron chi connectivity index (χ3n) is 11.4. The van der Waals surface area contributed by atoms with Crippen molar-refractivity contribution in [3.8, 4) is 0 Å². The van der Waals surface area contributed by atoms with Crippen LogP contribution in [0.2, 0.25) is 0 Å². The van der Waals surface area contributed by atoms with Gasteiger partial charge in [0, 0.05) is 25.9 Å². The molecule has 0 bridgehead atoms. The summed E-state index contributed by atoms with van der Waals surface area (Å²) in [6, 6.07) is 8.14. The van der Waals surface area contributed by atoms with Gasteiger partial charge in [-0.1, -0.05) is 217 Å². The molecule has 0 fully saturated rings. The zero-order valence-electron chi connectivity index (χ0n) is 37.3. The molecule has 56 heavy (non-hydrogen) atoms. The molecular weight excluding hydrogens is 685 g/mol. The standard InChI is InChI=1S/C52H92N2O2/c1-3-5-7-9-11-13-15-17-19-21-23-25-27-29-31-33-35-37-39-45-51(55)53-47-49-43-41-42-44-50(49)48-54-52(56)46-40-38-36-34-32-30-28-26-24-22-20-18-16-14-12-10-8-6-4-2/h17-20,41-44H,3-16,21-40,45-48H2,1-2H3,(H,53,55)(H,54,56). The lowest BCUT2D eigenvalue weighted by atomic mass is 10.0. The van der Waals surface area contributed by atoms with Crippen molar-refractivity contribution < 1.29 is 9.59 Å². The molecule has 1 aromatic rings. The predicted molar refractivity (Wildman–Crippen MR) is 246 cm³/mol. The molecule has 0 aliphatic heterocycles. The van der Waals surface area contributed by atoms with Crippen molar-refractivity contribution in [2.24, 2.45) is 0 Å². The maximum Gasteiger partial charge on any atom is 0.220 e. The number of hydrogen-bond donors (Lipinski definition) is 2. The van der Waals surface area contributed by atoms with Crippen molar-refractivity contribution in [2.45, 2.75) is 258 Å².